The van der Waals surface area contributed by atoms with E-state index in [1.165, 1.54) is 59.8 Å². The molecule has 35 heteroatoms. The fourth-order valence-corrected chi connectivity index (χ4v) is 6.78. The SMILES string of the molecule is CC(=O)C(C)=O.CC1Nc2c(CN(C)C)cnn2NC1C.CN.CN.CNCc1cnn2nc(C)c(C)nc12.Cc1nc2c(C=O)cnn2nc1C.Cc1nc2c(CN)cnn2nc1C.Cc1nc2ccnn2nc1C.Nc1ccn[nH]1.Nc1ccnn1N. The molecule has 2 atom stereocenters. The highest BCUT2D eigenvalue weighted by Gasteiger charge is 2.23. The number of fused-ring (bicyclic) bond motifs is 5. The Balaban J connectivity index is 0.000000268. The third-order valence-corrected chi connectivity index (χ3v) is 12.3. The number of aldehydes is 1. The van der Waals surface area contributed by atoms with Crippen molar-refractivity contribution in [1.82, 2.24) is 119 Å². The lowest BCUT2D eigenvalue weighted by atomic mass is 10.1. The molecule has 2 unspecified atom stereocenters. The first-order chi connectivity index (χ1) is 42.3. The Morgan fingerprint density at radius 1 is 0.607 bits per heavy atom. The molecule has 11 aromatic rings. The molecule has 0 aromatic carbocycles. The van der Waals surface area contributed by atoms with Crippen LogP contribution in [0.15, 0.2) is 61.6 Å². The van der Waals surface area contributed by atoms with Crippen molar-refractivity contribution in [2.45, 2.75) is 115 Å². The first-order valence-electron chi connectivity index (χ1n) is 27.6. The number of H-pyrrole nitrogens is 1. The summed E-state index contributed by atoms with van der Waals surface area (Å²) in [7, 11) is 9.02. The molecule has 0 saturated carbocycles. The zero-order valence-corrected chi connectivity index (χ0v) is 53.7. The number of anilines is 3. The normalized spacial score (nSPS) is 12.3. The molecule has 0 saturated heterocycles. The third kappa shape index (κ3) is 21.5. The van der Waals surface area contributed by atoms with Gasteiger partial charge in [0.1, 0.15) is 11.6 Å². The van der Waals surface area contributed by atoms with Crippen LogP contribution in [0.1, 0.15) is 100 Å². The van der Waals surface area contributed by atoms with Crippen molar-refractivity contribution in [2.75, 3.05) is 63.3 Å². The van der Waals surface area contributed by atoms with Crippen molar-refractivity contribution in [1.29, 1.82) is 0 Å². The van der Waals surface area contributed by atoms with Gasteiger partial charge < -0.3 is 55.5 Å². The minimum atomic E-state index is -0.380. The summed E-state index contributed by atoms with van der Waals surface area (Å²) in [5, 5.41) is 53.4. The second-order valence-corrected chi connectivity index (χ2v) is 19.4. The van der Waals surface area contributed by atoms with Gasteiger partial charge in [-0.25, -0.2) is 19.9 Å². The maximum atomic E-state index is 10.6. The van der Waals surface area contributed by atoms with Crippen molar-refractivity contribution in [3.63, 3.8) is 0 Å². The molecule has 0 radical (unpaired) electrons. The van der Waals surface area contributed by atoms with Crippen LogP contribution in [-0.4, -0.2) is 179 Å². The van der Waals surface area contributed by atoms with Crippen LogP contribution in [0.25, 0.3) is 22.6 Å². The molecular weight excluding hydrogens is 1140 g/mol. The summed E-state index contributed by atoms with van der Waals surface area (Å²) < 4.78 is 5.99. The molecule has 480 valence electrons. The molecule has 1 aliphatic heterocycles. The van der Waals surface area contributed by atoms with E-state index in [0.717, 1.165) is 104 Å². The number of nitrogens with two attached hydrogens (primary N) is 6. The van der Waals surface area contributed by atoms with Crippen LogP contribution in [0, 0.1) is 55.4 Å². The summed E-state index contributed by atoms with van der Waals surface area (Å²) in [6.45, 7) is 24.2. The maximum absolute atomic E-state index is 10.6. The fraction of sp³-hybridized carbons (Fsp3) is 0.407. The van der Waals surface area contributed by atoms with Gasteiger partial charge in [-0.05, 0) is 111 Å². The highest BCUT2D eigenvalue weighted by molar-refractivity contribution is 6.35. The lowest BCUT2D eigenvalue weighted by Gasteiger charge is -2.31. The van der Waals surface area contributed by atoms with E-state index in [2.05, 4.69) is 141 Å². The lowest BCUT2D eigenvalue weighted by Crippen LogP contribution is -2.45. The maximum Gasteiger partial charge on any atom is 0.195 e. The Bertz CT molecular complexity index is 3860. The number of nitrogens with one attached hydrogen (secondary N) is 4. The van der Waals surface area contributed by atoms with Crippen molar-refractivity contribution in [2.24, 2.45) is 17.2 Å². The molecule has 0 amide bonds. The molecule has 0 spiro atoms. The Morgan fingerprint density at radius 2 is 1.09 bits per heavy atom. The second-order valence-electron chi connectivity index (χ2n) is 19.4. The van der Waals surface area contributed by atoms with Crippen LogP contribution in [0.4, 0.5) is 17.5 Å². The lowest BCUT2D eigenvalue weighted by molar-refractivity contribution is -0.134. The molecular formula is C54H86N32O3. The van der Waals surface area contributed by atoms with Gasteiger partial charge in [-0.15, -0.1) is 18.5 Å². The molecule has 12 heterocycles. The number of Topliss-reactive ketones (excluding diaryl/α,β-unsaturated/α-hetero) is 2. The number of carbonyl (C=O) groups is 3. The molecule has 0 fully saturated rings. The van der Waals surface area contributed by atoms with E-state index in [1.807, 2.05) is 79.5 Å². The van der Waals surface area contributed by atoms with Crippen LogP contribution in [-0.2, 0) is 29.2 Å². The van der Waals surface area contributed by atoms with Gasteiger partial charge in [0.25, 0.3) is 0 Å². The summed E-state index contributed by atoms with van der Waals surface area (Å²) in [6.07, 6.45) is 12.4. The van der Waals surface area contributed by atoms with Crippen LogP contribution >= 0.6 is 0 Å². The summed E-state index contributed by atoms with van der Waals surface area (Å²) in [5.74, 6) is 6.53. The average molecular weight is 1230 g/mol. The van der Waals surface area contributed by atoms with E-state index in [4.69, 9.17) is 23.0 Å². The van der Waals surface area contributed by atoms with Crippen LogP contribution in [0.5, 0.6) is 0 Å². The van der Waals surface area contributed by atoms with Gasteiger partial charge >= 0.3 is 0 Å². The number of nitrogen functional groups attached to an aromatic ring is 3. The molecule has 11 aromatic heterocycles. The summed E-state index contributed by atoms with van der Waals surface area (Å²) in [6, 6.07) is 5.97. The fourth-order valence-electron chi connectivity index (χ4n) is 6.78. The summed E-state index contributed by atoms with van der Waals surface area (Å²) in [5.41, 5.74) is 42.0. The van der Waals surface area contributed by atoms with Gasteiger partial charge in [-0.1, -0.05) is 0 Å². The molecule has 0 bridgehead atoms. The number of ketones is 2. The Morgan fingerprint density at radius 3 is 1.53 bits per heavy atom. The van der Waals surface area contributed by atoms with Gasteiger partial charge in [0.15, 0.2) is 46.3 Å². The van der Waals surface area contributed by atoms with E-state index >= 15 is 0 Å². The number of carbonyl (C=O) groups excluding carboxylic acids is 3. The van der Waals surface area contributed by atoms with E-state index in [1.54, 1.807) is 41.6 Å². The van der Waals surface area contributed by atoms with Crippen LogP contribution in [0.3, 0.4) is 0 Å². The van der Waals surface area contributed by atoms with E-state index in [0.29, 0.717) is 41.5 Å². The Hall–Kier alpha value is -10.4. The minimum Gasteiger partial charge on any atom is -0.384 e. The molecule has 16 N–H and O–H groups in total. The molecule has 1 aliphatic rings. The van der Waals surface area contributed by atoms with Gasteiger partial charge in [0.05, 0.1) is 101 Å². The minimum absolute atomic E-state index is 0.380. The molecule has 12 rings (SSSR count). The predicted octanol–water partition coefficient (Wildman–Crippen LogP) is 1.13. The van der Waals surface area contributed by atoms with Crippen molar-refractivity contribution in [3.8, 4) is 0 Å². The van der Waals surface area contributed by atoms with E-state index < -0.39 is 0 Å². The number of hydrogen-bond acceptors (Lipinski definition) is 28. The van der Waals surface area contributed by atoms with Crippen LogP contribution in [0.2, 0.25) is 0 Å². The predicted molar refractivity (Wildman–Crippen MR) is 340 cm³/mol. The molecule has 89 heavy (non-hydrogen) atoms. The molecule has 0 aliphatic carbocycles. The highest BCUT2D eigenvalue weighted by atomic mass is 16.2. The van der Waals surface area contributed by atoms with Crippen LogP contribution < -0.4 is 50.6 Å². The monoisotopic (exact) mass is 1230 g/mol. The van der Waals surface area contributed by atoms with Gasteiger partial charge in [0.2, 0.25) is 0 Å². The first kappa shape index (κ1) is 72.9. The number of rotatable bonds is 7. The van der Waals surface area contributed by atoms with Gasteiger partial charge in [-0.2, -0.15) is 65.7 Å². The zero-order chi connectivity index (χ0) is 66.7. The number of aryl methyl sites for hydroxylation is 8. The quantitative estimate of drug-likeness (QED) is 0.0607. The summed E-state index contributed by atoms with van der Waals surface area (Å²) in [4.78, 5) is 52.5. The number of aromatic amines is 1. The van der Waals surface area contributed by atoms with Crippen molar-refractivity contribution in [3.05, 3.63) is 129 Å². The Kier molecular flexibility index (Phi) is 29.4. The first-order valence-corrected chi connectivity index (χ1v) is 27.6. The van der Waals surface area contributed by atoms with Crippen molar-refractivity contribution >= 4 is 57.9 Å². The number of aromatic nitrogens is 22. The smallest absolute Gasteiger partial charge is 0.195 e. The standard InChI is InChI=1S/C10H19N5.C9H13N5.C8H11N5.C8H8N4O.C7H8N4.C4H6O2.C3H6N4.C3H5N3.2CH5N/c1-7-8(2)13-15-10(12-7)9(5-11-15)6-14(3)4;1-6-7(2)13-14-9(12-6)8(4-10-3)5-11-14;1-5-6(2)12-13-8(11-5)7(3-9)4-10-13;1-5-6(2)11-12-8(10-5)7(4-13)3-9-12;1-5-6(2)10-11-7(9-5)3-4-8-11;1-3(5)4(2)6;4-3-1-2-6-7(3)5;4-3-1-2-5-6-3;2*1-2/h5,7-8,12-13H,6H2,1-4H3;5,10H,4H2,1-3H3;4H,3,9H2,1-2H3;3-4H,1-2H3;3-4H,1-2H3;1-2H3;1-2H,4-5H2;1-2H,(H3,4,5,6);2*2H2,1H3. The molecule has 35 nitrogen and oxygen atoms in total. The van der Waals surface area contributed by atoms with Crippen molar-refractivity contribution < 1.29 is 14.4 Å². The summed E-state index contributed by atoms with van der Waals surface area (Å²) >= 11 is 0. The topological polar surface area (TPSA) is 483 Å². The van der Waals surface area contributed by atoms with Gasteiger partial charge in [-0.3, -0.25) is 19.5 Å². The second kappa shape index (κ2) is 35.9. The van der Waals surface area contributed by atoms with Gasteiger partial charge in [0, 0.05) is 68.3 Å². The Labute approximate surface area is 514 Å². The number of nitrogens with zero attached hydrogens (tertiary/aromatic N) is 22. The zero-order valence-electron chi connectivity index (χ0n) is 53.7. The number of hydrogen-bond donors (Lipinski definition) is 10. The average Bonchev–Trinajstić information content (AvgIpc) is 3.16. The van der Waals surface area contributed by atoms with E-state index in [-0.39, 0.29) is 11.6 Å². The highest BCUT2D eigenvalue weighted by Crippen LogP contribution is 2.21. The van der Waals surface area contributed by atoms with E-state index in [9.17, 15) is 14.4 Å². The largest absolute Gasteiger partial charge is 0.384 e. The third-order valence-electron chi connectivity index (χ3n) is 12.3.